The van der Waals surface area contributed by atoms with Gasteiger partial charge in [-0.2, -0.15) is 4.68 Å². The summed E-state index contributed by atoms with van der Waals surface area (Å²) in [7, 11) is 1.19. The molecule has 0 unspecified atom stereocenters. The average Bonchev–Trinajstić information content (AvgIpc) is 2.26. The van der Waals surface area contributed by atoms with Crippen LogP contribution < -0.4 is 0 Å². The van der Waals surface area contributed by atoms with Crippen molar-refractivity contribution in [3.8, 4) is 5.75 Å². The van der Waals surface area contributed by atoms with Gasteiger partial charge in [-0.25, -0.2) is 4.79 Å². The molecule has 0 aromatic carbocycles. The predicted octanol–water partition coefficient (Wildman–Crippen LogP) is -0.268. The summed E-state index contributed by atoms with van der Waals surface area (Å²) in [5.41, 5.74) is -0.605. The highest BCUT2D eigenvalue weighted by Gasteiger charge is 2.29. The summed E-state index contributed by atoms with van der Waals surface area (Å²) in [6, 6.07) is 0. The third-order valence-electron chi connectivity index (χ3n) is 1.38. The van der Waals surface area contributed by atoms with Gasteiger partial charge < -0.3 is 20.3 Å². The Morgan fingerprint density at radius 2 is 2.23 bits per heavy atom. The molecule has 70 valence electrons. The van der Waals surface area contributed by atoms with E-state index < -0.39 is 28.2 Å². The lowest BCUT2D eigenvalue weighted by atomic mass is 10.4. The fourth-order valence-corrected chi connectivity index (χ4v) is 0.861. The summed E-state index contributed by atoms with van der Waals surface area (Å²) in [5, 5.41) is 30.9. The summed E-state index contributed by atoms with van der Waals surface area (Å²) < 4.78 is 0.732. The van der Waals surface area contributed by atoms with E-state index in [1.165, 1.54) is 7.05 Å². The van der Waals surface area contributed by atoms with Crippen molar-refractivity contribution in [3.05, 3.63) is 15.8 Å². The molecular formula is C5H5N3O5. The number of hydrogen-bond donors (Lipinski definition) is 2. The molecule has 0 saturated carbocycles. The predicted molar refractivity (Wildman–Crippen MR) is 38.5 cm³/mol. The van der Waals surface area contributed by atoms with E-state index in [1.54, 1.807) is 0 Å². The number of aromatic nitrogens is 2. The van der Waals surface area contributed by atoms with Crippen LogP contribution in [0.25, 0.3) is 0 Å². The first kappa shape index (κ1) is 8.97. The van der Waals surface area contributed by atoms with Gasteiger partial charge in [-0.05, 0) is 4.92 Å². The van der Waals surface area contributed by atoms with E-state index in [9.17, 15) is 14.9 Å². The minimum atomic E-state index is -1.47. The Morgan fingerprint density at radius 1 is 1.69 bits per heavy atom. The molecule has 0 radical (unpaired) electrons. The number of aromatic carboxylic acids is 1. The molecule has 0 fully saturated rings. The molecule has 8 heteroatoms. The molecule has 1 aromatic heterocycles. The molecule has 0 aliphatic rings. The number of hydrogen-bond acceptors (Lipinski definition) is 5. The number of carboxylic acid groups (broad SMARTS) is 1. The van der Waals surface area contributed by atoms with Crippen molar-refractivity contribution >= 4 is 11.8 Å². The number of rotatable bonds is 2. The zero-order valence-corrected chi connectivity index (χ0v) is 6.46. The normalized spacial score (nSPS) is 9.92. The fraction of sp³-hybridized carbons (Fsp3) is 0.200. The Kier molecular flexibility index (Phi) is 1.89. The third kappa shape index (κ3) is 1.28. The van der Waals surface area contributed by atoms with E-state index in [-0.39, 0.29) is 0 Å². The van der Waals surface area contributed by atoms with Gasteiger partial charge in [-0.1, -0.05) is 0 Å². The summed E-state index contributed by atoms with van der Waals surface area (Å²) in [5.74, 6) is -3.26. The molecule has 13 heavy (non-hydrogen) atoms. The molecule has 0 aliphatic carbocycles. The van der Waals surface area contributed by atoms with Crippen LogP contribution in [0, 0.1) is 10.1 Å². The van der Waals surface area contributed by atoms with Crippen LogP contribution in [0.15, 0.2) is 0 Å². The summed E-state index contributed by atoms with van der Waals surface area (Å²) in [6.45, 7) is 0. The van der Waals surface area contributed by atoms with Crippen LogP contribution in [0.1, 0.15) is 10.5 Å². The topological polar surface area (TPSA) is 118 Å². The molecule has 1 rings (SSSR count). The number of aromatic hydroxyl groups is 1. The Bertz CT molecular complexity index is 382. The van der Waals surface area contributed by atoms with Crippen molar-refractivity contribution in [2.24, 2.45) is 7.05 Å². The van der Waals surface area contributed by atoms with Crippen molar-refractivity contribution in [2.45, 2.75) is 0 Å². The first-order valence-corrected chi connectivity index (χ1v) is 3.08. The summed E-state index contributed by atoms with van der Waals surface area (Å²) in [6.07, 6.45) is 0. The Morgan fingerprint density at radius 3 is 2.46 bits per heavy atom. The number of nitrogens with zero attached hydrogens (tertiary/aromatic N) is 3. The third-order valence-corrected chi connectivity index (χ3v) is 1.38. The first-order chi connectivity index (χ1) is 5.95. The highest BCUT2D eigenvalue weighted by molar-refractivity contribution is 5.90. The highest BCUT2D eigenvalue weighted by Crippen LogP contribution is 2.27. The van der Waals surface area contributed by atoms with Crippen molar-refractivity contribution < 1.29 is 19.9 Å². The van der Waals surface area contributed by atoms with Gasteiger partial charge in [0.1, 0.15) is 0 Å². The van der Waals surface area contributed by atoms with Crippen molar-refractivity contribution in [1.82, 2.24) is 9.78 Å². The number of nitro groups is 1. The maximum Gasteiger partial charge on any atom is 0.432 e. The molecule has 0 amide bonds. The molecule has 0 spiro atoms. The van der Waals surface area contributed by atoms with E-state index in [1.807, 2.05) is 0 Å². The van der Waals surface area contributed by atoms with Crippen LogP contribution in [-0.2, 0) is 7.05 Å². The monoisotopic (exact) mass is 187 g/mol. The van der Waals surface area contributed by atoms with Crippen molar-refractivity contribution in [3.63, 3.8) is 0 Å². The molecular weight excluding hydrogens is 182 g/mol. The van der Waals surface area contributed by atoms with E-state index >= 15 is 0 Å². The lowest BCUT2D eigenvalue weighted by Gasteiger charge is -1.89. The molecule has 8 nitrogen and oxygen atoms in total. The van der Waals surface area contributed by atoms with Gasteiger partial charge in [0, 0.05) is 0 Å². The second-order valence-electron chi connectivity index (χ2n) is 2.21. The minimum absolute atomic E-state index is 0.605. The lowest BCUT2D eigenvalue weighted by Crippen LogP contribution is -2.05. The number of carbonyl (C=O) groups is 1. The lowest BCUT2D eigenvalue weighted by molar-refractivity contribution is -0.390. The van der Waals surface area contributed by atoms with Crippen LogP contribution in [0.2, 0.25) is 0 Å². The van der Waals surface area contributed by atoms with Crippen molar-refractivity contribution in [1.29, 1.82) is 0 Å². The Hall–Kier alpha value is -2.12. The summed E-state index contributed by atoms with van der Waals surface area (Å²) >= 11 is 0. The van der Waals surface area contributed by atoms with Gasteiger partial charge >= 0.3 is 11.8 Å². The van der Waals surface area contributed by atoms with Crippen LogP contribution in [-0.4, -0.2) is 30.9 Å². The molecule has 2 N–H and O–H groups in total. The number of aryl methyl sites for hydroxylation is 1. The molecule has 1 aromatic rings. The van der Waals surface area contributed by atoms with Gasteiger partial charge in [0.2, 0.25) is 5.69 Å². The standard InChI is InChI=1S/C5H5N3O5/c1-7-2(5(10)11)3(9)4(6-7)8(12)13/h9H,1H3,(H,10,11). The van der Waals surface area contributed by atoms with Crippen molar-refractivity contribution in [2.75, 3.05) is 0 Å². The maximum atomic E-state index is 10.4. The zero-order valence-electron chi connectivity index (χ0n) is 6.46. The minimum Gasteiger partial charge on any atom is -0.499 e. The Balaban J connectivity index is 3.39. The Labute approximate surface area is 71.2 Å². The fourth-order valence-electron chi connectivity index (χ4n) is 0.861. The molecule has 0 atom stereocenters. The van der Waals surface area contributed by atoms with E-state index in [0.29, 0.717) is 0 Å². The average molecular weight is 187 g/mol. The van der Waals surface area contributed by atoms with Crippen LogP contribution in [0.4, 0.5) is 5.82 Å². The zero-order chi connectivity index (χ0) is 10.2. The van der Waals surface area contributed by atoms with Gasteiger partial charge in [-0.15, -0.1) is 0 Å². The smallest absolute Gasteiger partial charge is 0.432 e. The SMILES string of the molecule is Cn1nc([N+](=O)[O-])c(O)c1C(=O)O. The first-order valence-electron chi connectivity index (χ1n) is 3.08. The molecule has 0 bridgehead atoms. The van der Waals surface area contributed by atoms with Gasteiger partial charge in [-0.3, -0.25) is 0 Å². The van der Waals surface area contributed by atoms with Gasteiger partial charge in [0.15, 0.2) is 0 Å². The van der Waals surface area contributed by atoms with E-state index in [0.717, 1.165) is 4.68 Å². The second kappa shape index (κ2) is 2.73. The number of carboxylic acids is 1. The molecule has 1 heterocycles. The quantitative estimate of drug-likeness (QED) is 0.486. The van der Waals surface area contributed by atoms with Crippen LogP contribution in [0.5, 0.6) is 5.75 Å². The largest absolute Gasteiger partial charge is 0.499 e. The van der Waals surface area contributed by atoms with E-state index in [4.69, 9.17) is 10.2 Å². The molecule has 0 saturated heterocycles. The summed E-state index contributed by atoms with van der Waals surface area (Å²) in [4.78, 5) is 19.7. The molecule has 0 aliphatic heterocycles. The highest BCUT2D eigenvalue weighted by atomic mass is 16.6. The van der Waals surface area contributed by atoms with E-state index in [2.05, 4.69) is 5.10 Å². The van der Waals surface area contributed by atoms with Crippen LogP contribution in [0.3, 0.4) is 0 Å². The van der Waals surface area contributed by atoms with Gasteiger partial charge in [0.05, 0.1) is 12.1 Å². The second-order valence-corrected chi connectivity index (χ2v) is 2.21. The van der Waals surface area contributed by atoms with Gasteiger partial charge in [0.25, 0.3) is 5.75 Å². The van der Waals surface area contributed by atoms with Crippen LogP contribution >= 0.6 is 0 Å². The maximum absolute atomic E-state index is 10.4.